The molecule has 1 amide bonds. The Kier molecular flexibility index (Phi) is 4.44. The van der Waals surface area contributed by atoms with E-state index in [-0.39, 0.29) is 11.7 Å². The van der Waals surface area contributed by atoms with Gasteiger partial charge in [-0.2, -0.15) is 0 Å². The van der Waals surface area contributed by atoms with Crippen LogP contribution in [0.2, 0.25) is 0 Å². The van der Waals surface area contributed by atoms with E-state index in [4.69, 9.17) is 4.52 Å². The standard InChI is InChI=1S/C21H21N3O2/c1-15-11-12-24(14-15)18-9-7-17(8-10-18)22-21(25)20-13-19(23-26-20)16-5-3-2-4-6-16/h2-10,13,15H,11-12,14H2,1H3,(H,22,25). The van der Waals surface area contributed by atoms with Crippen molar-refractivity contribution in [2.45, 2.75) is 13.3 Å². The Hall–Kier alpha value is -3.08. The molecule has 2 heterocycles. The van der Waals surface area contributed by atoms with Crippen LogP contribution in [0.15, 0.2) is 65.2 Å². The molecule has 0 spiro atoms. The Morgan fingerprint density at radius 3 is 2.62 bits per heavy atom. The van der Waals surface area contributed by atoms with E-state index in [0.29, 0.717) is 5.69 Å². The molecule has 5 heteroatoms. The number of amides is 1. The van der Waals surface area contributed by atoms with Crippen molar-refractivity contribution >= 4 is 17.3 Å². The van der Waals surface area contributed by atoms with Crippen LogP contribution in [0.5, 0.6) is 0 Å². The topological polar surface area (TPSA) is 58.4 Å². The number of nitrogens with zero attached hydrogens (tertiary/aromatic N) is 2. The first-order chi connectivity index (χ1) is 12.7. The number of aromatic nitrogens is 1. The summed E-state index contributed by atoms with van der Waals surface area (Å²) in [5.74, 6) is 0.628. The molecule has 1 aliphatic heterocycles. The number of nitrogens with one attached hydrogen (secondary N) is 1. The summed E-state index contributed by atoms with van der Waals surface area (Å²) < 4.78 is 5.20. The van der Waals surface area contributed by atoms with E-state index < -0.39 is 0 Å². The van der Waals surface area contributed by atoms with E-state index in [1.54, 1.807) is 6.07 Å². The minimum absolute atomic E-state index is 0.196. The van der Waals surface area contributed by atoms with Crippen molar-refractivity contribution in [3.05, 3.63) is 66.4 Å². The minimum Gasteiger partial charge on any atom is -0.371 e. The number of carbonyl (C=O) groups excluding carboxylic acids is 1. The van der Waals surface area contributed by atoms with Crippen LogP contribution in [0, 0.1) is 5.92 Å². The molecule has 2 aromatic carbocycles. The Bertz CT molecular complexity index is 887. The zero-order valence-corrected chi connectivity index (χ0v) is 14.7. The number of hydrogen-bond donors (Lipinski definition) is 1. The van der Waals surface area contributed by atoms with E-state index in [1.807, 2.05) is 54.6 Å². The molecule has 26 heavy (non-hydrogen) atoms. The number of anilines is 2. The van der Waals surface area contributed by atoms with Crippen LogP contribution in [-0.4, -0.2) is 24.2 Å². The van der Waals surface area contributed by atoms with E-state index >= 15 is 0 Å². The molecule has 1 fully saturated rings. The monoisotopic (exact) mass is 347 g/mol. The molecule has 4 rings (SSSR count). The molecule has 1 unspecified atom stereocenters. The third-order valence-electron chi connectivity index (χ3n) is 4.72. The molecule has 0 aliphatic carbocycles. The Balaban J connectivity index is 1.43. The quantitative estimate of drug-likeness (QED) is 0.758. The lowest BCUT2D eigenvalue weighted by atomic mass is 10.1. The van der Waals surface area contributed by atoms with Crippen molar-refractivity contribution in [2.75, 3.05) is 23.3 Å². The maximum absolute atomic E-state index is 12.4. The van der Waals surface area contributed by atoms with Crippen LogP contribution in [0.1, 0.15) is 23.9 Å². The lowest BCUT2D eigenvalue weighted by Crippen LogP contribution is -2.19. The van der Waals surface area contributed by atoms with Crippen molar-refractivity contribution in [1.82, 2.24) is 5.16 Å². The van der Waals surface area contributed by atoms with Crippen LogP contribution in [0.3, 0.4) is 0 Å². The van der Waals surface area contributed by atoms with Gasteiger partial charge in [0.05, 0.1) is 0 Å². The van der Waals surface area contributed by atoms with Crippen molar-refractivity contribution in [1.29, 1.82) is 0 Å². The molecule has 132 valence electrons. The molecule has 0 bridgehead atoms. The number of carbonyl (C=O) groups is 1. The van der Waals surface area contributed by atoms with Gasteiger partial charge in [-0.25, -0.2) is 0 Å². The number of hydrogen-bond acceptors (Lipinski definition) is 4. The highest BCUT2D eigenvalue weighted by atomic mass is 16.5. The van der Waals surface area contributed by atoms with Crippen molar-refractivity contribution < 1.29 is 9.32 Å². The largest absolute Gasteiger partial charge is 0.371 e. The average molecular weight is 347 g/mol. The molecule has 0 radical (unpaired) electrons. The molecule has 5 nitrogen and oxygen atoms in total. The zero-order chi connectivity index (χ0) is 17.9. The van der Waals surface area contributed by atoms with Gasteiger partial charge >= 0.3 is 0 Å². The van der Waals surface area contributed by atoms with Gasteiger partial charge in [-0.3, -0.25) is 4.79 Å². The fourth-order valence-electron chi connectivity index (χ4n) is 3.24. The van der Waals surface area contributed by atoms with Crippen molar-refractivity contribution in [3.8, 4) is 11.3 Å². The minimum atomic E-state index is -0.303. The zero-order valence-electron chi connectivity index (χ0n) is 14.7. The third kappa shape index (κ3) is 3.47. The van der Waals surface area contributed by atoms with E-state index in [2.05, 4.69) is 22.3 Å². The predicted molar refractivity (Wildman–Crippen MR) is 102 cm³/mol. The van der Waals surface area contributed by atoms with Gasteiger partial charge in [0.15, 0.2) is 0 Å². The summed E-state index contributed by atoms with van der Waals surface area (Å²) in [6.07, 6.45) is 1.23. The molecular weight excluding hydrogens is 326 g/mol. The summed E-state index contributed by atoms with van der Waals surface area (Å²) in [7, 11) is 0. The Morgan fingerprint density at radius 1 is 1.15 bits per heavy atom. The van der Waals surface area contributed by atoms with Crippen molar-refractivity contribution in [3.63, 3.8) is 0 Å². The molecular formula is C21H21N3O2. The SMILES string of the molecule is CC1CCN(c2ccc(NC(=O)c3cc(-c4ccccc4)no3)cc2)C1. The van der Waals surface area contributed by atoms with Gasteiger partial charge in [-0.05, 0) is 36.6 Å². The first-order valence-electron chi connectivity index (χ1n) is 8.87. The van der Waals surface area contributed by atoms with Crippen LogP contribution >= 0.6 is 0 Å². The Labute approximate surface area is 152 Å². The van der Waals surface area contributed by atoms with Gasteiger partial charge < -0.3 is 14.7 Å². The van der Waals surface area contributed by atoms with Crippen LogP contribution in [0.25, 0.3) is 11.3 Å². The van der Waals surface area contributed by atoms with Gasteiger partial charge in [0.2, 0.25) is 5.76 Å². The van der Waals surface area contributed by atoms with Crippen LogP contribution < -0.4 is 10.2 Å². The second-order valence-corrected chi connectivity index (χ2v) is 6.78. The van der Waals surface area contributed by atoms with Gasteiger partial charge in [-0.1, -0.05) is 42.4 Å². The Morgan fingerprint density at radius 2 is 1.92 bits per heavy atom. The summed E-state index contributed by atoms with van der Waals surface area (Å²) in [6, 6.07) is 19.2. The highest BCUT2D eigenvalue weighted by Crippen LogP contribution is 2.25. The molecule has 1 saturated heterocycles. The van der Waals surface area contributed by atoms with Crippen molar-refractivity contribution in [2.24, 2.45) is 5.92 Å². The predicted octanol–water partition coefficient (Wildman–Crippen LogP) is 4.44. The maximum atomic E-state index is 12.4. The van der Waals surface area contributed by atoms with E-state index in [0.717, 1.165) is 30.3 Å². The van der Waals surface area contributed by atoms with Gasteiger partial charge in [-0.15, -0.1) is 0 Å². The normalized spacial score (nSPS) is 16.7. The fraction of sp³-hybridized carbons (Fsp3) is 0.238. The van der Waals surface area contributed by atoms with Gasteiger partial charge in [0, 0.05) is 36.1 Å². The summed E-state index contributed by atoms with van der Waals surface area (Å²) in [6.45, 7) is 4.45. The second-order valence-electron chi connectivity index (χ2n) is 6.78. The summed E-state index contributed by atoms with van der Waals surface area (Å²) in [5.41, 5.74) is 3.50. The molecule has 1 N–H and O–H groups in total. The first kappa shape index (κ1) is 16.4. The van der Waals surface area contributed by atoms with E-state index in [9.17, 15) is 4.79 Å². The summed E-state index contributed by atoms with van der Waals surface area (Å²) >= 11 is 0. The summed E-state index contributed by atoms with van der Waals surface area (Å²) in [5, 5.41) is 6.84. The average Bonchev–Trinajstić information content (AvgIpc) is 3.32. The molecule has 3 aromatic rings. The fourth-order valence-corrected chi connectivity index (χ4v) is 3.24. The molecule has 0 saturated carbocycles. The number of rotatable bonds is 4. The lowest BCUT2D eigenvalue weighted by molar-refractivity contribution is 0.0988. The smallest absolute Gasteiger partial charge is 0.294 e. The molecule has 1 atom stereocenters. The lowest BCUT2D eigenvalue weighted by Gasteiger charge is -2.18. The first-order valence-corrected chi connectivity index (χ1v) is 8.87. The number of benzene rings is 2. The second kappa shape index (κ2) is 7.04. The molecule has 1 aromatic heterocycles. The van der Waals surface area contributed by atoms with Gasteiger partial charge in [0.25, 0.3) is 5.91 Å². The summed E-state index contributed by atoms with van der Waals surface area (Å²) in [4.78, 5) is 14.8. The third-order valence-corrected chi connectivity index (χ3v) is 4.72. The van der Waals surface area contributed by atoms with Gasteiger partial charge in [0.1, 0.15) is 5.69 Å². The maximum Gasteiger partial charge on any atom is 0.294 e. The van der Waals surface area contributed by atoms with E-state index in [1.165, 1.54) is 12.1 Å². The molecule has 1 aliphatic rings. The highest BCUT2D eigenvalue weighted by molar-refractivity contribution is 6.02. The van der Waals surface area contributed by atoms with Crippen LogP contribution in [-0.2, 0) is 0 Å². The highest BCUT2D eigenvalue weighted by Gasteiger charge is 2.19. The van der Waals surface area contributed by atoms with Crippen LogP contribution in [0.4, 0.5) is 11.4 Å².